The van der Waals surface area contributed by atoms with E-state index in [4.69, 9.17) is 18.0 Å². The third-order valence-corrected chi connectivity index (χ3v) is 2.14. The Labute approximate surface area is 95.9 Å². The first-order valence-corrected chi connectivity index (χ1v) is 5.19. The molecule has 0 unspecified atom stereocenters. The molecule has 0 aliphatic carbocycles. The number of benzene rings is 1. The molecule has 78 valence electrons. The average Bonchev–Trinajstić information content (AvgIpc) is 2.25. The maximum Gasteiger partial charge on any atom is 0.105 e. The Kier molecular flexibility index (Phi) is 4.82. The minimum absolute atomic E-state index is 0.397. The maximum absolute atomic E-state index is 5.60. The molecule has 0 saturated carbocycles. The number of thiocarbonyl (C=S) groups is 1. The van der Waals surface area contributed by atoms with E-state index in [0.29, 0.717) is 4.99 Å². The predicted molar refractivity (Wildman–Crippen MR) is 67.8 cm³/mol. The molecule has 0 aliphatic rings. The van der Waals surface area contributed by atoms with Crippen LogP contribution in [0, 0.1) is 11.8 Å². The molecule has 0 atom stereocenters. The van der Waals surface area contributed by atoms with Gasteiger partial charge in [-0.15, -0.1) is 0 Å². The summed E-state index contributed by atoms with van der Waals surface area (Å²) in [6.45, 7) is 0.891. The standard InChI is InChI=1S/C12H14N2S/c1-14-9-5-4-7-10-6-2-3-8-11(10)12(13)15/h2-3,6,8,14H,5,9H2,1H3,(H2,13,15). The van der Waals surface area contributed by atoms with Crippen molar-refractivity contribution < 1.29 is 0 Å². The van der Waals surface area contributed by atoms with E-state index in [1.807, 2.05) is 31.3 Å². The second-order valence-electron chi connectivity index (χ2n) is 3.07. The molecule has 0 aliphatic heterocycles. The van der Waals surface area contributed by atoms with E-state index < -0.39 is 0 Å². The van der Waals surface area contributed by atoms with E-state index >= 15 is 0 Å². The Morgan fingerprint density at radius 1 is 1.47 bits per heavy atom. The molecule has 0 spiro atoms. The molecule has 15 heavy (non-hydrogen) atoms. The van der Waals surface area contributed by atoms with Gasteiger partial charge in [-0.05, 0) is 13.1 Å². The summed E-state index contributed by atoms with van der Waals surface area (Å²) < 4.78 is 0. The first-order chi connectivity index (χ1) is 7.25. The molecular formula is C12H14N2S. The highest BCUT2D eigenvalue weighted by atomic mass is 32.1. The van der Waals surface area contributed by atoms with Crippen LogP contribution in [0.1, 0.15) is 17.5 Å². The maximum atomic E-state index is 5.60. The van der Waals surface area contributed by atoms with Gasteiger partial charge in [-0.2, -0.15) is 0 Å². The molecular weight excluding hydrogens is 204 g/mol. The Hall–Kier alpha value is -1.37. The summed E-state index contributed by atoms with van der Waals surface area (Å²) in [5.41, 5.74) is 7.35. The van der Waals surface area contributed by atoms with E-state index in [1.54, 1.807) is 0 Å². The van der Waals surface area contributed by atoms with Gasteiger partial charge in [-0.1, -0.05) is 42.3 Å². The van der Waals surface area contributed by atoms with Crippen molar-refractivity contribution in [1.82, 2.24) is 5.32 Å². The van der Waals surface area contributed by atoms with Crippen LogP contribution in [-0.4, -0.2) is 18.6 Å². The van der Waals surface area contributed by atoms with E-state index in [0.717, 1.165) is 24.1 Å². The molecule has 3 N–H and O–H groups in total. The molecule has 2 nitrogen and oxygen atoms in total. The molecule has 1 aromatic carbocycles. The second-order valence-corrected chi connectivity index (χ2v) is 3.50. The summed E-state index contributed by atoms with van der Waals surface area (Å²) in [7, 11) is 1.91. The molecule has 1 rings (SSSR count). The van der Waals surface area contributed by atoms with Crippen LogP contribution in [0.15, 0.2) is 24.3 Å². The van der Waals surface area contributed by atoms with Crippen LogP contribution < -0.4 is 11.1 Å². The molecule has 3 heteroatoms. The summed E-state index contributed by atoms with van der Waals surface area (Å²) >= 11 is 4.95. The zero-order valence-electron chi connectivity index (χ0n) is 8.71. The van der Waals surface area contributed by atoms with Crippen molar-refractivity contribution in [1.29, 1.82) is 0 Å². The summed E-state index contributed by atoms with van der Waals surface area (Å²) in [6.07, 6.45) is 0.822. The number of nitrogens with one attached hydrogen (secondary N) is 1. The minimum atomic E-state index is 0.397. The predicted octanol–water partition coefficient (Wildman–Crippen LogP) is 1.28. The van der Waals surface area contributed by atoms with Crippen molar-refractivity contribution in [3.8, 4) is 11.8 Å². The van der Waals surface area contributed by atoms with Gasteiger partial charge in [-0.3, -0.25) is 0 Å². The highest BCUT2D eigenvalue weighted by Crippen LogP contribution is 2.06. The van der Waals surface area contributed by atoms with Crippen molar-refractivity contribution >= 4 is 17.2 Å². The summed E-state index contributed by atoms with van der Waals surface area (Å²) in [4.78, 5) is 0.397. The lowest BCUT2D eigenvalue weighted by molar-refractivity contribution is 0.818. The van der Waals surface area contributed by atoms with Gasteiger partial charge in [0.25, 0.3) is 0 Å². The fourth-order valence-corrected chi connectivity index (χ4v) is 1.33. The molecule has 1 aromatic rings. The van der Waals surface area contributed by atoms with Gasteiger partial charge in [0.15, 0.2) is 0 Å². The van der Waals surface area contributed by atoms with Gasteiger partial charge >= 0.3 is 0 Å². The largest absolute Gasteiger partial charge is 0.389 e. The molecule has 0 saturated heterocycles. The normalized spacial score (nSPS) is 9.13. The third kappa shape index (κ3) is 3.70. The molecule has 0 amide bonds. The first-order valence-electron chi connectivity index (χ1n) is 4.78. The highest BCUT2D eigenvalue weighted by Gasteiger charge is 2.00. The lowest BCUT2D eigenvalue weighted by atomic mass is 10.1. The van der Waals surface area contributed by atoms with Crippen LogP contribution in [0.3, 0.4) is 0 Å². The Balaban J connectivity index is 2.83. The van der Waals surface area contributed by atoms with Gasteiger partial charge in [-0.25, -0.2) is 0 Å². The Morgan fingerprint density at radius 3 is 2.87 bits per heavy atom. The molecule has 0 radical (unpaired) electrons. The van der Waals surface area contributed by atoms with Crippen molar-refractivity contribution in [3.63, 3.8) is 0 Å². The van der Waals surface area contributed by atoms with Gasteiger partial charge in [0.05, 0.1) is 0 Å². The summed E-state index contributed by atoms with van der Waals surface area (Å²) in [6, 6.07) is 7.67. The van der Waals surface area contributed by atoms with E-state index in [1.165, 1.54) is 0 Å². The van der Waals surface area contributed by atoms with Crippen LogP contribution >= 0.6 is 12.2 Å². The van der Waals surface area contributed by atoms with Gasteiger partial charge in [0, 0.05) is 24.1 Å². The van der Waals surface area contributed by atoms with Crippen molar-refractivity contribution in [2.45, 2.75) is 6.42 Å². The molecule has 0 aromatic heterocycles. The van der Waals surface area contributed by atoms with Gasteiger partial charge in [0.2, 0.25) is 0 Å². The quantitative estimate of drug-likeness (QED) is 0.456. The van der Waals surface area contributed by atoms with E-state index in [-0.39, 0.29) is 0 Å². The fraction of sp³-hybridized carbons (Fsp3) is 0.250. The van der Waals surface area contributed by atoms with Crippen molar-refractivity contribution in [2.24, 2.45) is 5.73 Å². The van der Waals surface area contributed by atoms with Crippen LogP contribution in [0.25, 0.3) is 0 Å². The first kappa shape index (κ1) is 11.7. The van der Waals surface area contributed by atoms with Crippen molar-refractivity contribution in [2.75, 3.05) is 13.6 Å². The molecule has 0 bridgehead atoms. The van der Waals surface area contributed by atoms with Crippen LogP contribution in [0.4, 0.5) is 0 Å². The minimum Gasteiger partial charge on any atom is -0.389 e. The third-order valence-electron chi connectivity index (χ3n) is 1.92. The lowest BCUT2D eigenvalue weighted by Crippen LogP contribution is -2.11. The second kappa shape index (κ2) is 6.18. The average molecular weight is 218 g/mol. The number of hydrogen-bond acceptors (Lipinski definition) is 2. The summed E-state index contributed by atoms with van der Waals surface area (Å²) in [5, 5.41) is 3.04. The number of rotatable bonds is 3. The zero-order valence-corrected chi connectivity index (χ0v) is 9.53. The number of nitrogens with two attached hydrogens (primary N) is 1. The lowest BCUT2D eigenvalue weighted by Gasteiger charge is -2.00. The topological polar surface area (TPSA) is 38.0 Å². The summed E-state index contributed by atoms with van der Waals surface area (Å²) in [5.74, 6) is 6.14. The monoisotopic (exact) mass is 218 g/mol. The van der Waals surface area contributed by atoms with E-state index in [9.17, 15) is 0 Å². The van der Waals surface area contributed by atoms with Gasteiger partial charge in [0.1, 0.15) is 4.99 Å². The fourth-order valence-electron chi connectivity index (χ4n) is 1.15. The van der Waals surface area contributed by atoms with E-state index in [2.05, 4.69) is 17.2 Å². The number of hydrogen-bond donors (Lipinski definition) is 2. The molecule has 0 fully saturated rings. The SMILES string of the molecule is CNCCC#Cc1ccccc1C(N)=S. The van der Waals surface area contributed by atoms with Gasteiger partial charge < -0.3 is 11.1 Å². The zero-order chi connectivity index (χ0) is 11.1. The van der Waals surface area contributed by atoms with Crippen LogP contribution in [0.2, 0.25) is 0 Å². The van der Waals surface area contributed by atoms with Crippen LogP contribution in [-0.2, 0) is 0 Å². The Morgan fingerprint density at radius 2 is 2.20 bits per heavy atom. The smallest absolute Gasteiger partial charge is 0.105 e. The Bertz CT molecular complexity index is 402. The van der Waals surface area contributed by atoms with Crippen LogP contribution in [0.5, 0.6) is 0 Å². The molecule has 0 heterocycles. The van der Waals surface area contributed by atoms with Crippen molar-refractivity contribution in [3.05, 3.63) is 35.4 Å². The highest BCUT2D eigenvalue weighted by molar-refractivity contribution is 7.80.